The van der Waals surface area contributed by atoms with Crippen molar-refractivity contribution in [3.63, 3.8) is 0 Å². The van der Waals surface area contributed by atoms with Gasteiger partial charge in [-0.2, -0.15) is 0 Å². The van der Waals surface area contributed by atoms with Crippen LogP contribution in [-0.4, -0.2) is 46.4 Å². The van der Waals surface area contributed by atoms with E-state index >= 15 is 0 Å². The van der Waals surface area contributed by atoms with Crippen LogP contribution in [0.4, 0.5) is 0 Å². The predicted molar refractivity (Wildman–Crippen MR) is 53.3 cm³/mol. The molecule has 1 N–H and O–H groups in total. The van der Waals surface area contributed by atoms with Gasteiger partial charge in [-0.05, 0) is 13.8 Å². The van der Waals surface area contributed by atoms with Crippen molar-refractivity contribution in [2.24, 2.45) is 5.28 Å². The second-order valence-corrected chi connectivity index (χ2v) is 3.30. The lowest BCUT2D eigenvalue weighted by Gasteiger charge is -2.19. The molecule has 0 aromatic carbocycles. The molecule has 0 saturated heterocycles. The molecule has 0 spiro atoms. The Bertz CT molecular complexity index is 304. The van der Waals surface area contributed by atoms with Gasteiger partial charge >= 0.3 is 11.9 Å². The first-order chi connectivity index (χ1) is 7.84. The number of aliphatic carboxylic acids is 1. The fourth-order valence-corrected chi connectivity index (χ4v) is 0.808. The molecule has 0 heterocycles. The summed E-state index contributed by atoms with van der Waals surface area (Å²) in [5.41, 5.74) is 0. The second kappa shape index (κ2) is 7.25. The standard InChI is InChI=1S/C8H15N3O6/c1-6(2)10(4-8(13)14)11(15)9-17-5-16-7(3)12/h6H,4-5H2,1-3H3,(H,13,14). The number of nitrogens with zero attached hydrogens (tertiary/aromatic N) is 3. The van der Waals surface area contributed by atoms with E-state index < -0.39 is 25.3 Å². The zero-order chi connectivity index (χ0) is 13.4. The maximum absolute atomic E-state index is 11.3. The van der Waals surface area contributed by atoms with Crippen LogP contribution in [0.2, 0.25) is 0 Å². The topological polar surface area (TPSA) is 114 Å². The summed E-state index contributed by atoms with van der Waals surface area (Å²) in [6.45, 7) is 3.39. The van der Waals surface area contributed by atoms with Crippen molar-refractivity contribution < 1.29 is 29.2 Å². The average molecular weight is 249 g/mol. The van der Waals surface area contributed by atoms with E-state index in [0.29, 0.717) is 0 Å². The Morgan fingerprint density at radius 2 is 2.12 bits per heavy atom. The molecule has 0 aliphatic heterocycles. The molecule has 0 saturated carbocycles. The molecule has 9 heteroatoms. The Kier molecular flexibility index (Phi) is 6.37. The Morgan fingerprint density at radius 1 is 1.53 bits per heavy atom. The highest BCUT2D eigenvalue weighted by Crippen LogP contribution is 1.99. The van der Waals surface area contributed by atoms with Crippen LogP contribution in [0.3, 0.4) is 0 Å². The zero-order valence-corrected chi connectivity index (χ0v) is 9.82. The van der Waals surface area contributed by atoms with Gasteiger partial charge in [0.1, 0.15) is 0 Å². The molecule has 0 atom stereocenters. The Balaban J connectivity index is 4.29. The highest BCUT2D eigenvalue weighted by Gasteiger charge is 2.21. The van der Waals surface area contributed by atoms with Crippen molar-refractivity contribution in [2.45, 2.75) is 26.8 Å². The molecule has 0 fully saturated rings. The number of carbonyl (C=O) groups excluding carboxylic acids is 1. The first-order valence-corrected chi connectivity index (χ1v) is 4.76. The van der Waals surface area contributed by atoms with Gasteiger partial charge in [0, 0.05) is 6.92 Å². The van der Waals surface area contributed by atoms with E-state index in [1.807, 2.05) is 0 Å². The van der Waals surface area contributed by atoms with E-state index in [1.54, 1.807) is 13.8 Å². The minimum atomic E-state index is -1.17. The summed E-state index contributed by atoms with van der Waals surface area (Å²) in [4.78, 5) is 25.2. The van der Waals surface area contributed by atoms with Crippen LogP contribution in [0.25, 0.3) is 0 Å². The normalized spacial score (nSPS) is 11.2. The lowest BCUT2D eigenvalue weighted by Crippen LogP contribution is -2.40. The molecular weight excluding hydrogens is 234 g/mol. The summed E-state index contributed by atoms with van der Waals surface area (Å²) >= 11 is 0. The zero-order valence-electron chi connectivity index (χ0n) is 9.82. The van der Waals surface area contributed by atoms with Crippen LogP contribution < -0.4 is 0 Å². The van der Waals surface area contributed by atoms with Gasteiger partial charge in [0.2, 0.25) is 5.28 Å². The van der Waals surface area contributed by atoms with E-state index in [0.717, 1.165) is 5.01 Å². The van der Waals surface area contributed by atoms with Crippen LogP contribution in [0, 0.1) is 5.21 Å². The smallest absolute Gasteiger partial charge is 0.329 e. The van der Waals surface area contributed by atoms with Crippen molar-refractivity contribution in [1.82, 2.24) is 5.01 Å². The maximum atomic E-state index is 11.3. The molecule has 0 unspecified atom stereocenters. The minimum absolute atomic E-state index is 0.00226. The van der Waals surface area contributed by atoms with Gasteiger partial charge in [0.25, 0.3) is 6.79 Å². The minimum Gasteiger partial charge on any atom is -0.569 e. The molecule has 0 amide bonds. The summed E-state index contributed by atoms with van der Waals surface area (Å²) in [7, 11) is 0. The van der Waals surface area contributed by atoms with Gasteiger partial charge in [-0.25, -0.2) is 0 Å². The predicted octanol–water partition coefficient (Wildman–Crippen LogP) is 0.111. The number of hydrazine groups is 1. The number of carboxylic acids is 1. The van der Waals surface area contributed by atoms with Gasteiger partial charge in [-0.1, -0.05) is 0 Å². The van der Waals surface area contributed by atoms with Gasteiger partial charge < -0.3 is 19.9 Å². The van der Waals surface area contributed by atoms with Crippen molar-refractivity contribution in [1.29, 1.82) is 0 Å². The van der Waals surface area contributed by atoms with Crippen LogP contribution in [0.5, 0.6) is 0 Å². The van der Waals surface area contributed by atoms with E-state index in [9.17, 15) is 14.8 Å². The highest BCUT2D eigenvalue weighted by molar-refractivity contribution is 5.68. The molecule has 0 radical (unpaired) electrons. The molecule has 0 aliphatic carbocycles. The van der Waals surface area contributed by atoms with Crippen LogP contribution >= 0.6 is 0 Å². The average Bonchev–Trinajstić information content (AvgIpc) is 2.19. The van der Waals surface area contributed by atoms with E-state index in [1.165, 1.54) is 6.92 Å². The van der Waals surface area contributed by atoms with Crippen molar-refractivity contribution in [3.05, 3.63) is 5.21 Å². The third kappa shape index (κ3) is 6.93. The molecule has 98 valence electrons. The first-order valence-electron chi connectivity index (χ1n) is 4.76. The van der Waals surface area contributed by atoms with Crippen LogP contribution in [-0.2, 0) is 19.2 Å². The molecule has 17 heavy (non-hydrogen) atoms. The number of carbonyl (C=O) groups is 2. The van der Waals surface area contributed by atoms with Gasteiger partial charge in [-0.3, -0.25) is 9.59 Å². The maximum Gasteiger partial charge on any atom is 0.329 e. The molecule has 0 bridgehead atoms. The molecule has 9 nitrogen and oxygen atoms in total. The number of hydrogen-bond acceptors (Lipinski definition) is 6. The summed E-state index contributed by atoms with van der Waals surface area (Å²) in [6.07, 6.45) is 0. The molecule has 0 aromatic heterocycles. The van der Waals surface area contributed by atoms with Gasteiger partial charge in [0.15, 0.2) is 6.54 Å². The van der Waals surface area contributed by atoms with E-state index in [2.05, 4.69) is 14.9 Å². The summed E-state index contributed by atoms with van der Waals surface area (Å²) in [5.74, 6) is -1.75. The number of rotatable bonds is 7. The molecule has 0 rings (SSSR count). The van der Waals surface area contributed by atoms with Crippen molar-refractivity contribution in [2.75, 3.05) is 13.3 Å². The Labute approximate surface area is 97.7 Å². The van der Waals surface area contributed by atoms with Crippen LogP contribution in [0.15, 0.2) is 5.28 Å². The fourth-order valence-electron chi connectivity index (χ4n) is 0.808. The first kappa shape index (κ1) is 14.9. The summed E-state index contributed by atoms with van der Waals surface area (Å²) < 4.78 is 4.36. The van der Waals surface area contributed by atoms with Crippen molar-refractivity contribution in [3.8, 4) is 0 Å². The Hall–Kier alpha value is -2.06. The monoisotopic (exact) mass is 249 g/mol. The van der Waals surface area contributed by atoms with E-state index in [4.69, 9.17) is 5.11 Å². The molecule has 0 aliphatic rings. The summed E-state index contributed by atoms with van der Waals surface area (Å²) in [5, 5.41) is 23.8. The number of ether oxygens (including phenoxy) is 1. The van der Waals surface area contributed by atoms with Gasteiger partial charge in [0.05, 0.1) is 11.0 Å². The third-order valence-electron chi connectivity index (χ3n) is 1.56. The highest BCUT2D eigenvalue weighted by atomic mass is 16.8. The lowest BCUT2D eigenvalue weighted by atomic mass is 10.4. The Morgan fingerprint density at radius 3 is 2.53 bits per heavy atom. The lowest BCUT2D eigenvalue weighted by molar-refractivity contribution is -0.716. The van der Waals surface area contributed by atoms with E-state index in [-0.39, 0.29) is 11.0 Å². The second-order valence-electron chi connectivity index (χ2n) is 3.30. The number of hydrogen-bond donors (Lipinski definition) is 1. The summed E-state index contributed by atoms with van der Waals surface area (Å²) in [6, 6.07) is -0.371. The number of esters is 1. The van der Waals surface area contributed by atoms with Crippen LogP contribution in [0.1, 0.15) is 20.8 Å². The van der Waals surface area contributed by atoms with Gasteiger partial charge in [-0.15, -0.1) is 5.01 Å². The quantitative estimate of drug-likeness (QED) is 0.170. The molecular formula is C8H15N3O6. The van der Waals surface area contributed by atoms with Crippen molar-refractivity contribution >= 4 is 11.9 Å². The third-order valence-corrected chi connectivity index (χ3v) is 1.56. The SMILES string of the molecule is CC(=O)OCON=[N+]([O-])N(CC(=O)O)C(C)C. The number of carboxylic acid groups (broad SMARTS) is 1. The fraction of sp³-hybridized carbons (Fsp3) is 0.750. The molecule has 0 aromatic rings. The largest absolute Gasteiger partial charge is 0.569 e.